The van der Waals surface area contributed by atoms with Gasteiger partial charge < -0.3 is 14.3 Å². The summed E-state index contributed by atoms with van der Waals surface area (Å²) in [6.45, 7) is 1.56. The van der Waals surface area contributed by atoms with Gasteiger partial charge in [0.05, 0.1) is 22.7 Å². The highest BCUT2D eigenvalue weighted by molar-refractivity contribution is 7.91. The van der Waals surface area contributed by atoms with Crippen LogP contribution in [0.25, 0.3) is 23.3 Å². The molecule has 0 aliphatic rings. The van der Waals surface area contributed by atoms with Crippen LogP contribution in [0.4, 0.5) is 5.69 Å². The number of phenolic OH excluding ortho intramolecular Hbond substituents is 1. The van der Waals surface area contributed by atoms with Crippen molar-refractivity contribution in [2.24, 2.45) is 0 Å². The Kier molecular flexibility index (Phi) is 5.06. The first kappa shape index (κ1) is 19.4. The number of aromatic nitrogens is 1. The van der Waals surface area contributed by atoms with E-state index < -0.39 is 26.2 Å². The Morgan fingerprint density at radius 3 is 2.68 bits per heavy atom. The summed E-state index contributed by atoms with van der Waals surface area (Å²) in [7, 11) is -2.07. The van der Waals surface area contributed by atoms with E-state index in [4.69, 9.17) is 9.15 Å². The molecule has 10 heteroatoms. The van der Waals surface area contributed by atoms with Crippen LogP contribution < -0.4 is 4.74 Å². The lowest BCUT2D eigenvalue weighted by molar-refractivity contribution is -0.386. The molecule has 0 atom stereocenters. The van der Waals surface area contributed by atoms with Gasteiger partial charge in [0.25, 0.3) is 0 Å². The lowest BCUT2D eigenvalue weighted by Crippen LogP contribution is -2.03. The molecule has 0 saturated carbocycles. The van der Waals surface area contributed by atoms with Crippen LogP contribution in [0.3, 0.4) is 0 Å². The minimum absolute atomic E-state index is 0.0232. The first-order valence-corrected chi connectivity index (χ1v) is 9.77. The van der Waals surface area contributed by atoms with E-state index in [1.165, 1.54) is 49.6 Å². The van der Waals surface area contributed by atoms with Crippen molar-refractivity contribution < 1.29 is 27.6 Å². The minimum Gasteiger partial charge on any atom is -0.500 e. The van der Waals surface area contributed by atoms with Crippen LogP contribution >= 0.6 is 0 Å². The Balaban J connectivity index is 1.97. The van der Waals surface area contributed by atoms with Crippen LogP contribution in [-0.4, -0.2) is 36.3 Å². The molecule has 3 aromatic rings. The standard InChI is InChI=1S/C18H16N2O7S/c1-3-28(24,25)12-5-6-15-13(10-12)19-17(27-15)7-4-11-8-14(20(22)23)18(21)16(9-11)26-2/h4-10,21H,3H2,1-2H3/b7-4+. The first-order valence-electron chi connectivity index (χ1n) is 8.12. The summed E-state index contributed by atoms with van der Waals surface area (Å²) in [6, 6.07) is 7.02. The monoisotopic (exact) mass is 404 g/mol. The summed E-state index contributed by atoms with van der Waals surface area (Å²) in [6.07, 6.45) is 2.98. The summed E-state index contributed by atoms with van der Waals surface area (Å²) in [5.74, 6) is -0.433. The molecule has 28 heavy (non-hydrogen) atoms. The summed E-state index contributed by atoms with van der Waals surface area (Å²) >= 11 is 0. The molecule has 0 unspecified atom stereocenters. The molecule has 1 heterocycles. The number of methoxy groups -OCH3 is 1. The van der Waals surface area contributed by atoms with Crippen LogP contribution in [0.1, 0.15) is 18.4 Å². The highest BCUT2D eigenvalue weighted by Crippen LogP contribution is 2.37. The second-order valence-electron chi connectivity index (χ2n) is 5.77. The fraction of sp³-hybridized carbons (Fsp3) is 0.167. The number of ether oxygens (including phenoxy) is 1. The van der Waals surface area contributed by atoms with Crippen LogP contribution in [0.15, 0.2) is 39.6 Å². The maximum absolute atomic E-state index is 12.0. The fourth-order valence-electron chi connectivity index (χ4n) is 2.53. The zero-order valence-electron chi connectivity index (χ0n) is 14.9. The van der Waals surface area contributed by atoms with E-state index in [0.717, 1.165) is 0 Å². The number of oxazole rings is 1. The number of sulfone groups is 1. The molecule has 0 aliphatic heterocycles. The van der Waals surface area contributed by atoms with E-state index in [2.05, 4.69) is 4.98 Å². The van der Waals surface area contributed by atoms with Crippen LogP contribution in [0, 0.1) is 10.1 Å². The van der Waals surface area contributed by atoms with E-state index in [1.807, 2.05) is 0 Å². The molecule has 2 aromatic carbocycles. The van der Waals surface area contributed by atoms with Gasteiger partial charge in [0.2, 0.25) is 11.6 Å². The smallest absolute Gasteiger partial charge is 0.315 e. The molecule has 0 radical (unpaired) electrons. The molecule has 9 nitrogen and oxygen atoms in total. The maximum Gasteiger partial charge on any atom is 0.315 e. The molecule has 0 aliphatic carbocycles. The number of hydrogen-bond acceptors (Lipinski definition) is 8. The zero-order valence-corrected chi connectivity index (χ0v) is 15.8. The number of nitrogens with zero attached hydrogens (tertiary/aromatic N) is 2. The van der Waals surface area contributed by atoms with Gasteiger partial charge >= 0.3 is 5.69 Å². The highest BCUT2D eigenvalue weighted by Gasteiger charge is 2.19. The van der Waals surface area contributed by atoms with Gasteiger partial charge in [-0.3, -0.25) is 10.1 Å². The molecular weight excluding hydrogens is 388 g/mol. The lowest BCUT2D eigenvalue weighted by Gasteiger charge is -2.05. The molecule has 146 valence electrons. The van der Waals surface area contributed by atoms with E-state index >= 15 is 0 Å². The number of fused-ring (bicyclic) bond motifs is 1. The Morgan fingerprint density at radius 1 is 1.29 bits per heavy atom. The Labute approximate surface area is 160 Å². The summed E-state index contributed by atoms with van der Waals surface area (Å²) in [4.78, 5) is 14.7. The second-order valence-corrected chi connectivity index (χ2v) is 8.04. The molecule has 0 spiro atoms. The Bertz CT molecular complexity index is 1200. The van der Waals surface area contributed by atoms with Gasteiger partial charge in [-0.05, 0) is 35.9 Å². The second kappa shape index (κ2) is 7.31. The van der Waals surface area contributed by atoms with E-state index in [0.29, 0.717) is 16.7 Å². The van der Waals surface area contributed by atoms with Gasteiger partial charge in [0, 0.05) is 12.1 Å². The average Bonchev–Trinajstić information content (AvgIpc) is 3.09. The van der Waals surface area contributed by atoms with Gasteiger partial charge in [-0.25, -0.2) is 13.4 Å². The van der Waals surface area contributed by atoms with E-state index in [1.54, 1.807) is 6.92 Å². The molecule has 0 fully saturated rings. The predicted molar refractivity (Wildman–Crippen MR) is 102 cm³/mol. The highest BCUT2D eigenvalue weighted by atomic mass is 32.2. The van der Waals surface area contributed by atoms with Crippen LogP contribution in [0.2, 0.25) is 0 Å². The van der Waals surface area contributed by atoms with Crippen molar-refractivity contribution in [1.29, 1.82) is 0 Å². The first-order chi connectivity index (χ1) is 13.2. The Morgan fingerprint density at radius 2 is 2.04 bits per heavy atom. The predicted octanol–water partition coefficient (Wildman–Crippen LogP) is 3.41. The van der Waals surface area contributed by atoms with Crippen molar-refractivity contribution in [1.82, 2.24) is 4.98 Å². The molecule has 0 bridgehead atoms. The summed E-state index contributed by atoms with van der Waals surface area (Å²) in [5.41, 5.74) is 0.677. The molecule has 0 amide bonds. The molecular formula is C18H16N2O7S. The summed E-state index contributed by atoms with van der Waals surface area (Å²) in [5, 5.41) is 20.9. The van der Waals surface area contributed by atoms with Crippen LogP contribution in [-0.2, 0) is 9.84 Å². The zero-order chi connectivity index (χ0) is 20.5. The molecule has 1 N–H and O–H groups in total. The third kappa shape index (κ3) is 3.67. The number of hydrogen-bond donors (Lipinski definition) is 1. The van der Waals surface area contributed by atoms with Crippen molar-refractivity contribution in [3.05, 3.63) is 51.9 Å². The van der Waals surface area contributed by atoms with Crippen LogP contribution in [0.5, 0.6) is 11.5 Å². The molecule has 1 aromatic heterocycles. The van der Waals surface area contributed by atoms with Crippen molar-refractivity contribution in [3.63, 3.8) is 0 Å². The molecule has 0 saturated heterocycles. The van der Waals surface area contributed by atoms with Crippen molar-refractivity contribution in [2.45, 2.75) is 11.8 Å². The van der Waals surface area contributed by atoms with Gasteiger partial charge in [-0.1, -0.05) is 6.92 Å². The SMILES string of the molecule is CCS(=O)(=O)c1ccc2oc(/C=C/c3cc(OC)c(O)c([N+](=O)[O-])c3)nc2c1. The van der Waals surface area contributed by atoms with Gasteiger partial charge in [0.15, 0.2) is 21.2 Å². The number of rotatable bonds is 6. The number of phenols is 1. The maximum atomic E-state index is 12.0. The van der Waals surface area contributed by atoms with Gasteiger partial charge in [0.1, 0.15) is 5.52 Å². The molecule has 3 rings (SSSR count). The third-order valence-corrected chi connectivity index (χ3v) is 5.76. The minimum atomic E-state index is -3.36. The lowest BCUT2D eigenvalue weighted by atomic mass is 10.1. The quantitative estimate of drug-likeness (QED) is 0.488. The number of nitro groups is 1. The normalized spacial score (nSPS) is 11.9. The number of aromatic hydroxyl groups is 1. The van der Waals surface area contributed by atoms with Gasteiger partial charge in [-0.15, -0.1) is 0 Å². The van der Waals surface area contributed by atoms with Crippen molar-refractivity contribution in [3.8, 4) is 11.5 Å². The van der Waals surface area contributed by atoms with E-state index in [9.17, 15) is 23.6 Å². The fourth-order valence-corrected chi connectivity index (χ4v) is 3.43. The summed E-state index contributed by atoms with van der Waals surface area (Å²) < 4.78 is 34.4. The largest absolute Gasteiger partial charge is 0.500 e. The van der Waals surface area contributed by atoms with E-state index in [-0.39, 0.29) is 22.3 Å². The van der Waals surface area contributed by atoms with Gasteiger partial charge in [-0.2, -0.15) is 0 Å². The van der Waals surface area contributed by atoms with Crippen molar-refractivity contribution in [2.75, 3.05) is 12.9 Å². The third-order valence-electron chi connectivity index (χ3n) is 4.03. The Hall–Kier alpha value is -3.40. The topological polar surface area (TPSA) is 133 Å². The number of nitro benzene ring substituents is 1. The van der Waals surface area contributed by atoms with Crippen molar-refractivity contribution >= 4 is 38.8 Å². The number of benzene rings is 2. The average molecular weight is 404 g/mol.